The second kappa shape index (κ2) is 5.13. The Morgan fingerprint density at radius 2 is 2.00 bits per heavy atom. The average Bonchev–Trinajstić information content (AvgIpc) is 2.76. The number of anilines is 1. The Kier molecular flexibility index (Phi) is 3.31. The number of amides is 1. The second-order valence-corrected chi connectivity index (χ2v) is 5.68. The third-order valence-electron chi connectivity index (χ3n) is 3.05. The minimum atomic E-state index is -0.198. The summed E-state index contributed by atoms with van der Waals surface area (Å²) in [7, 11) is 0. The van der Waals surface area contributed by atoms with Gasteiger partial charge in [-0.05, 0) is 32.0 Å². The van der Waals surface area contributed by atoms with Crippen LogP contribution in [0.4, 0.5) is 5.13 Å². The van der Waals surface area contributed by atoms with Gasteiger partial charge in [0, 0.05) is 10.4 Å². The van der Waals surface area contributed by atoms with Crippen molar-refractivity contribution in [1.82, 2.24) is 4.98 Å². The maximum atomic E-state index is 12.2. The lowest BCUT2D eigenvalue weighted by molar-refractivity contribution is 0.102. The highest BCUT2D eigenvalue weighted by Crippen LogP contribution is 2.31. The first kappa shape index (κ1) is 12.9. The number of thiazole rings is 1. The fourth-order valence-corrected chi connectivity index (χ4v) is 2.69. The number of carbonyl (C=O) groups excluding carboxylic acids is 1. The number of rotatable bonds is 2. The van der Waals surface area contributed by atoms with Gasteiger partial charge in [0.25, 0.3) is 5.91 Å². The monoisotopic (exact) mass is 290 g/mol. The van der Waals surface area contributed by atoms with E-state index in [1.165, 1.54) is 11.3 Å². The van der Waals surface area contributed by atoms with Crippen LogP contribution in [0.3, 0.4) is 0 Å². The topological polar surface area (TPSA) is 60.5 Å². The molecule has 0 atom stereocenters. The van der Waals surface area contributed by atoms with Crippen LogP contribution in [0.15, 0.2) is 18.2 Å². The molecular formula is C14H14N2O3S. The summed E-state index contributed by atoms with van der Waals surface area (Å²) in [6.07, 6.45) is 0. The predicted molar refractivity (Wildman–Crippen MR) is 77.0 cm³/mol. The average molecular weight is 290 g/mol. The molecular weight excluding hydrogens is 276 g/mol. The van der Waals surface area contributed by atoms with Gasteiger partial charge in [0.05, 0.1) is 5.69 Å². The summed E-state index contributed by atoms with van der Waals surface area (Å²) in [5, 5.41) is 3.41. The molecule has 0 radical (unpaired) electrons. The van der Waals surface area contributed by atoms with E-state index < -0.39 is 0 Å². The van der Waals surface area contributed by atoms with Gasteiger partial charge in [0.1, 0.15) is 13.2 Å². The van der Waals surface area contributed by atoms with Crippen LogP contribution < -0.4 is 14.8 Å². The van der Waals surface area contributed by atoms with Crippen molar-refractivity contribution in [3.05, 3.63) is 34.3 Å². The fourth-order valence-electron chi connectivity index (χ4n) is 1.88. The molecule has 2 heterocycles. The highest BCUT2D eigenvalue weighted by Gasteiger charge is 2.16. The van der Waals surface area contributed by atoms with E-state index in [9.17, 15) is 4.79 Å². The van der Waals surface area contributed by atoms with Crippen LogP contribution in [-0.4, -0.2) is 24.1 Å². The summed E-state index contributed by atoms with van der Waals surface area (Å²) >= 11 is 1.47. The van der Waals surface area contributed by atoms with Gasteiger partial charge in [-0.2, -0.15) is 0 Å². The molecule has 6 heteroatoms. The molecule has 1 aliphatic rings. The normalized spacial score (nSPS) is 13.1. The summed E-state index contributed by atoms with van der Waals surface area (Å²) in [5.41, 5.74) is 1.47. The van der Waals surface area contributed by atoms with Gasteiger partial charge >= 0.3 is 0 Å². The van der Waals surface area contributed by atoms with Crippen molar-refractivity contribution < 1.29 is 14.3 Å². The number of aryl methyl sites for hydroxylation is 2. The van der Waals surface area contributed by atoms with E-state index in [1.807, 2.05) is 13.8 Å². The van der Waals surface area contributed by atoms with Gasteiger partial charge in [0.15, 0.2) is 16.6 Å². The molecule has 104 valence electrons. The van der Waals surface area contributed by atoms with E-state index in [4.69, 9.17) is 9.47 Å². The first-order valence-electron chi connectivity index (χ1n) is 6.28. The Labute approximate surface area is 120 Å². The first-order valence-corrected chi connectivity index (χ1v) is 7.10. The Morgan fingerprint density at radius 3 is 2.70 bits per heavy atom. The number of hydrogen-bond acceptors (Lipinski definition) is 5. The standard InChI is InChI=1S/C14H14N2O3S/c1-8-9(2)20-14(15-8)16-13(17)10-3-4-11-12(7-10)19-6-5-18-11/h3-4,7H,5-6H2,1-2H3,(H,15,16,17). The zero-order chi connectivity index (χ0) is 14.1. The van der Waals surface area contributed by atoms with Crippen LogP contribution in [0.5, 0.6) is 11.5 Å². The van der Waals surface area contributed by atoms with Crippen LogP contribution in [0.2, 0.25) is 0 Å². The molecule has 0 aliphatic carbocycles. The predicted octanol–water partition coefficient (Wildman–Crippen LogP) is 2.78. The molecule has 0 spiro atoms. The van der Waals surface area contributed by atoms with Crippen molar-refractivity contribution in [3.8, 4) is 11.5 Å². The second-order valence-electron chi connectivity index (χ2n) is 4.47. The zero-order valence-corrected chi connectivity index (χ0v) is 12.0. The van der Waals surface area contributed by atoms with E-state index in [0.29, 0.717) is 35.4 Å². The number of nitrogens with one attached hydrogen (secondary N) is 1. The number of ether oxygens (including phenoxy) is 2. The molecule has 3 rings (SSSR count). The zero-order valence-electron chi connectivity index (χ0n) is 11.2. The van der Waals surface area contributed by atoms with Crippen molar-refractivity contribution >= 4 is 22.4 Å². The Morgan fingerprint density at radius 1 is 1.25 bits per heavy atom. The number of hydrogen-bond donors (Lipinski definition) is 1. The number of carbonyl (C=O) groups is 1. The van der Waals surface area contributed by atoms with Crippen LogP contribution >= 0.6 is 11.3 Å². The van der Waals surface area contributed by atoms with Crippen molar-refractivity contribution in [2.45, 2.75) is 13.8 Å². The maximum Gasteiger partial charge on any atom is 0.257 e. The smallest absolute Gasteiger partial charge is 0.257 e. The third-order valence-corrected chi connectivity index (χ3v) is 4.04. The largest absolute Gasteiger partial charge is 0.486 e. The molecule has 1 aromatic carbocycles. The van der Waals surface area contributed by atoms with E-state index in [0.717, 1.165) is 10.6 Å². The maximum absolute atomic E-state index is 12.2. The summed E-state index contributed by atoms with van der Waals surface area (Å²) in [4.78, 5) is 17.6. The first-order chi connectivity index (χ1) is 9.63. The van der Waals surface area contributed by atoms with Gasteiger partial charge in [0.2, 0.25) is 0 Å². The number of aromatic nitrogens is 1. The molecule has 0 unspecified atom stereocenters. The molecule has 5 nitrogen and oxygen atoms in total. The third kappa shape index (κ3) is 2.46. The highest BCUT2D eigenvalue weighted by molar-refractivity contribution is 7.15. The molecule has 1 aliphatic heterocycles. The van der Waals surface area contributed by atoms with Crippen LogP contribution in [0.25, 0.3) is 0 Å². The van der Waals surface area contributed by atoms with Gasteiger partial charge in [-0.15, -0.1) is 11.3 Å². The Balaban J connectivity index is 1.80. The molecule has 0 saturated carbocycles. The van der Waals surface area contributed by atoms with E-state index in [1.54, 1.807) is 18.2 Å². The van der Waals surface area contributed by atoms with E-state index >= 15 is 0 Å². The molecule has 1 N–H and O–H groups in total. The van der Waals surface area contributed by atoms with Gasteiger partial charge in [-0.25, -0.2) is 4.98 Å². The summed E-state index contributed by atoms with van der Waals surface area (Å²) in [5.74, 6) is 1.08. The lowest BCUT2D eigenvalue weighted by Crippen LogP contribution is -2.17. The molecule has 1 aromatic heterocycles. The molecule has 0 fully saturated rings. The van der Waals surface area contributed by atoms with Gasteiger partial charge in [-0.1, -0.05) is 0 Å². The molecule has 20 heavy (non-hydrogen) atoms. The highest BCUT2D eigenvalue weighted by atomic mass is 32.1. The van der Waals surface area contributed by atoms with Crippen LogP contribution in [0, 0.1) is 13.8 Å². The number of nitrogens with zero attached hydrogens (tertiary/aromatic N) is 1. The fraction of sp³-hybridized carbons (Fsp3) is 0.286. The quantitative estimate of drug-likeness (QED) is 0.924. The molecule has 0 saturated heterocycles. The molecule has 2 aromatic rings. The van der Waals surface area contributed by atoms with Gasteiger partial charge < -0.3 is 9.47 Å². The number of fused-ring (bicyclic) bond motifs is 1. The lowest BCUT2D eigenvalue weighted by atomic mass is 10.2. The van der Waals surface area contributed by atoms with Crippen molar-refractivity contribution in [2.75, 3.05) is 18.5 Å². The van der Waals surface area contributed by atoms with Crippen molar-refractivity contribution in [1.29, 1.82) is 0 Å². The van der Waals surface area contributed by atoms with E-state index in [2.05, 4.69) is 10.3 Å². The van der Waals surface area contributed by atoms with Crippen molar-refractivity contribution in [2.24, 2.45) is 0 Å². The Bertz CT molecular complexity index is 647. The SMILES string of the molecule is Cc1nc(NC(=O)c2ccc3c(c2)OCCO3)sc1C. The molecule has 0 bridgehead atoms. The van der Waals surface area contributed by atoms with Gasteiger partial charge in [-0.3, -0.25) is 10.1 Å². The van der Waals surface area contributed by atoms with Crippen LogP contribution in [-0.2, 0) is 0 Å². The summed E-state index contributed by atoms with van der Waals surface area (Å²) in [6.45, 7) is 4.94. The van der Waals surface area contributed by atoms with Crippen LogP contribution in [0.1, 0.15) is 20.9 Å². The molecule has 1 amide bonds. The lowest BCUT2D eigenvalue weighted by Gasteiger charge is -2.18. The summed E-state index contributed by atoms with van der Waals surface area (Å²) in [6, 6.07) is 5.16. The van der Waals surface area contributed by atoms with E-state index in [-0.39, 0.29) is 5.91 Å². The minimum absolute atomic E-state index is 0.198. The number of benzene rings is 1. The Hall–Kier alpha value is -2.08. The minimum Gasteiger partial charge on any atom is -0.486 e. The van der Waals surface area contributed by atoms with Crippen molar-refractivity contribution in [3.63, 3.8) is 0 Å². The summed E-state index contributed by atoms with van der Waals surface area (Å²) < 4.78 is 10.9.